The van der Waals surface area contributed by atoms with Crippen molar-refractivity contribution in [2.45, 2.75) is 30.8 Å². The van der Waals surface area contributed by atoms with Crippen LogP contribution in [-0.2, 0) is 23.1 Å². The van der Waals surface area contributed by atoms with E-state index >= 15 is 0 Å². The Morgan fingerprint density at radius 1 is 1.20 bits per heavy atom. The Hall–Kier alpha value is -2.16. The summed E-state index contributed by atoms with van der Waals surface area (Å²) >= 11 is 0. The van der Waals surface area contributed by atoms with E-state index in [2.05, 4.69) is 5.32 Å². The zero-order valence-electron chi connectivity index (χ0n) is 13.8. The van der Waals surface area contributed by atoms with E-state index in [4.69, 9.17) is 10.2 Å². The number of sulfonamides is 1. The van der Waals surface area contributed by atoms with Gasteiger partial charge in [0.05, 0.1) is 17.0 Å². The topological polar surface area (TPSA) is 106 Å². The van der Waals surface area contributed by atoms with Gasteiger partial charge < -0.3 is 15.5 Å². The zero-order chi connectivity index (χ0) is 17.9. The third-order valence-electron chi connectivity index (χ3n) is 4.20. The van der Waals surface area contributed by atoms with Gasteiger partial charge in [-0.3, -0.25) is 4.79 Å². The quantitative estimate of drug-likeness (QED) is 0.808. The van der Waals surface area contributed by atoms with E-state index in [0.29, 0.717) is 31.0 Å². The monoisotopic (exact) mass is 363 g/mol. The van der Waals surface area contributed by atoms with Crippen LogP contribution >= 0.6 is 0 Å². The van der Waals surface area contributed by atoms with Crippen molar-refractivity contribution in [2.75, 3.05) is 13.1 Å². The van der Waals surface area contributed by atoms with E-state index < -0.39 is 10.0 Å². The number of nitrogens with two attached hydrogens (primary N) is 1. The number of hydrogen-bond donors (Lipinski definition) is 2. The summed E-state index contributed by atoms with van der Waals surface area (Å²) in [5.74, 6) is 0.277. The Labute approximate surface area is 146 Å². The van der Waals surface area contributed by atoms with Gasteiger partial charge in [0.1, 0.15) is 12.0 Å². The van der Waals surface area contributed by atoms with Crippen molar-refractivity contribution in [1.82, 2.24) is 9.62 Å². The number of benzene rings is 1. The van der Waals surface area contributed by atoms with Crippen LogP contribution < -0.4 is 11.1 Å². The first-order valence-electron chi connectivity index (χ1n) is 8.15. The maximum absolute atomic E-state index is 12.5. The third kappa shape index (κ3) is 3.92. The normalized spacial score (nSPS) is 15.4. The fourth-order valence-electron chi connectivity index (χ4n) is 2.75. The molecule has 1 aromatic carbocycles. The summed E-state index contributed by atoms with van der Waals surface area (Å²) in [7, 11) is -3.41. The van der Waals surface area contributed by atoms with Crippen LogP contribution in [-0.4, -0.2) is 31.7 Å². The number of hydrogen-bond acceptors (Lipinski definition) is 5. The Balaban J connectivity index is 1.61. The molecular formula is C17H21N3O4S. The third-order valence-corrected chi connectivity index (χ3v) is 6.11. The Kier molecular flexibility index (Phi) is 5.22. The van der Waals surface area contributed by atoms with Crippen molar-refractivity contribution in [3.8, 4) is 0 Å². The molecule has 0 saturated carbocycles. The van der Waals surface area contributed by atoms with E-state index in [9.17, 15) is 13.2 Å². The van der Waals surface area contributed by atoms with Crippen LogP contribution in [0.15, 0.2) is 45.9 Å². The first-order chi connectivity index (χ1) is 12.0. The van der Waals surface area contributed by atoms with Crippen LogP contribution in [0.4, 0.5) is 0 Å². The predicted octanol–water partition coefficient (Wildman–Crippen LogP) is 1.45. The molecule has 2 heterocycles. The molecular weight excluding hydrogens is 342 g/mol. The molecule has 0 radical (unpaired) electrons. The fourth-order valence-corrected chi connectivity index (χ4v) is 4.27. The average Bonchev–Trinajstić information content (AvgIpc) is 3.31. The Morgan fingerprint density at radius 3 is 2.48 bits per heavy atom. The predicted molar refractivity (Wildman–Crippen MR) is 92.2 cm³/mol. The molecule has 1 aliphatic heterocycles. The highest BCUT2D eigenvalue weighted by molar-refractivity contribution is 7.89. The molecule has 8 heteroatoms. The molecule has 2 aromatic rings. The summed E-state index contributed by atoms with van der Waals surface area (Å²) < 4.78 is 31.6. The maximum atomic E-state index is 12.5. The van der Waals surface area contributed by atoms with Gasteiger partial charge in [-0.2, -0.15) is 4.31 Å². The fraction of sp³-hybridized carbons (Fsp3) is 0.353. The molecule has 1 amide bonds. The maximum Gasteiger partial charge on any atom is 0.254 e. The number of carbonyl (C=O) groups excluding carboxylic acids is 1. The highest BCUT2D eigenvalue weighted by atomic mass is 32.2. The van der Waals surface area contributed by atoms with Gasteiger partial charge in [0.25, 0.3) is 5.91 Å². The van der Waals surface area contributed by atoms with Crippen molar-refractivity contribution in [3.05, 3.63) is 53.5 Å². The Bertz CT molecular complexity index is 837. The number of rotatable bonds is 6. The van der Waals surface area contributed by atoms with Crippen molar-refractivity contribution in [2.24, 2.45) is 5.73 Å². The molecule has 0 aliphatic carbocycles. The van der Waals surface area contributed by atoms with Crippen LogP contribution in [0.1, 0.15) is 34.5 Å². The summed E-state index contributed by atoms with van der Waals surface area (Å²) in [6.07, 6.45) is 3.18. The van der Waals surface area contributed by atoms with Crippen molar-refractivity contribution < 1.29 is 17.6 Å². The zero-order valence-corrected chi connectivity index (χ0v) is 14.6. The molecule has 1 saturated heterocycles. The first kappa shape index (κ1) is 17.7. The lowest BCUT2D eigenvalue weighted by atomic mass is 10.2. The second kappa shape index (κ2) is 7.38. The summed E-state index contributed by atoms with van der Waals surface area (Å²) in [6.45, 7) is 1.69. The molecule has 0 unspecified atom stereocenters. The van der Waals surface area contributed by atoms with Crippen LogP contribution in [0.25, 0.3) is 0 Å². The molecule has 1 fully saturated rings. The van der Waals surface area contributed by atoms with Crippen LogP contribution in [0.2, 0.25) is 0 Å². The number of nitrogens with zero attached hydrogens (tertiary/aromatic N) is 1. The smallest absolute Gasteiger partial charge is 0.254 e. The largest absolute Gasteiger partial charge is 0.467 e. The summed E-state index contributed by atoms with van der Waals surface area (Å²) in [5, 5.41) is 2.77. The average molecular weight is 363 g/mol. The van der Waals surface area contributed by atoms with E-state index in [1.165, 1.54) is 10.6 Å². The highest BCUT2D eigenvalue weighted by Gasteiger charge is 2.26. The number of amides is 1. The lowest BCUT2D eigenvalue weighted by Crippen LogP contribution is -2.27. The SMILES string of the molecule is NCc1cc(C(=O)NCc2ccc(S(=O)(=O)N3CCCC3)cc2)co1. The van der Waals surface area contributed by atoms with Gasteiger partial charge >= 0.3 is 0 Å². The van der Waals surface area contributed by atoms with E-state index in [1.807, 2.05) is 0 Å². The molecule has 7 nitrogen and oxygen atoms in total. The molecule has 134 valence electrons. The van der Waals surface area contributed by atoms with Crippen molar-refractivity contribution in [3.63, 3.8) is 0 Å². The highest BCUT2D eigenvalue weighted by Crippen LogP contribution is 2.21. The minimum absolute atomic E-state index is 0.236. The minimum Gasteiger partial charge on any atom is -0.467 e. The number of furan rings is 1. The molecule has 0 atom stereocenters. The van der Waals surface area contributed by atoms with E-state index in [0.717, 1.165) is 18.4 Å². The molecule has 3 rings (SSSR count). The molecule has 1 aliphatic rings. The molecule has 0 bridgehead atoms. The molecule has 3 N–H and O–H groups in total. The second-order valence-corrected chi connectivity index (χ2v) is 7.88. The van der Waals surface area contributed by atoms with Gasteiger partial charge in [-0.15, -0.1) is 0 Å². The molecule has 0 spiro atoms. The van der Waals surface area contributed by atoms with Crippen LogP contribution in [0.3, 0.4) is 0 Å². The summed E-state index contributed by atoms with van der Waals surface area (Å²) in [4.78, 5) is 12.3. The molecule has 1 aromatic heterocycles. The standard InChI is InChI=1S/C17H21N3O4S/c18-10-15-9-14(12-24-15)17(21)19-11-13-3-5-16(6-4-13)25(22,23)20-7-1-2-8-20/h3-6,9,12H,1-2,7-8,10-11,18H2,(H,19,21). The lowest BCUT2D eigenvalue weighted by molar-refractivity contribution is 0.0950. The van der Waals surface area contributed by atoms with Crippen molar-refractivity contribution in [1.29, 1.82) is 0 Å². The first-order valence-corrected chi connectivity index (χ1v) is 9.59. The van der Waals surface area contributed by atoms with Gasteiger partial charge in [0.2, 0.25) is 10.0 Å². The van der Waals surface area contributed by atoms with Gasteiger partial charge in [-0.25, -0.2) is 8.42 Å². The lowest BCUT2D eigenvalue weighted by Gasteiger charge is -2.15. The Morgan fingerprint density at radius 2 is 1.88 bits per heavy atom. The molecule has 25 heavy (non-hydrogen) atoms. The van der Waals surface area contributed by atoms with E-state index in [-0.39, 0.29) is 17.3 Å². The van der Waals surface area contributed by atoms with Crippen LogP contribution in [0.5, 0.6) is 0 Å². The van der Waals surface area contributed by atoms with Gasteiger partial charge in [0.15, 0.2) is 0 Å². The van der Waals surface area contributed by atoms with Gasteiger partial charge in [0, 0.05) is 19.6 Å². The van der Waals surface area contributed by atoms with Crippen LogP contribution in [0, 0.1) is 0 Å². The number of nitrogens with one attached hydrogen (secondary N) is 1. The number of carbonyl (C=O) groups is 1. The minimum atomic E-state index is -3.41. The second-order valence-electron chi connectivity index (χ2n) is 5.94. The van der Waals surface area contributed by atoms with Crippen molar-refractivity contribution >= 4 is 15.9 Å². The van der Waals surface area contributed by atoms with Gasteiger partial charge in [-0.1, -0.05) is 12.1 Å². The summed E-state index contributed by atoms with van der Waals surface area (Å²) in [6, 6.07) is 8.19. The summed E-state index contributed by atoms with van der Waals surface area (Å²) in [5.41, 5.74) is 6.67. The van der Waals surface area contributed by atoms with Gasteiger partial charge in [-0.05, 0) is 36.6 Å². The van der Waals surface area contributed by atoms with E-state index in [1.54, 1.807) is 30.3 Å².